The molecule has 0 bridgehead atoms. The van der Waals surface area contributed by atoms with Crippen LogP contribution in [0.2, 0.25) is 10.0 Å². The molecular weight excluding hydrogens is 469 g/mol. The van der Waals surface area contributed by atoms with E-state index in [1.54, 1.807) is 11.8 Å². The van der Waals surface area contributed by atoms with E-state index in [0.29, 0.717) is 18.0 Å². The molecule has 0 fully saturated rings. The molecule has 0 radical (unpaired) electrons. The molecule has 3 rings (SSSR count). The lowest BCUT2D eigenvalue weighted by Gasteiger charge is -2.21. The third kappa shape index (κ3) is 6.83. The number of aromatic nitrogens is 1. The molecular formula is C23H27Cl2N3OS2. The third-order valence-corrected chi connectivity index (χ3v) is 7.71. The predicted octanol–water partition coefficient (Wildman–Crippen LogP) is 6.77. The number of hydrogen-bond donors (Lipinski definition) is 0. The van der Waals surface area contributed by atoms with Gasteiger partial charge in [0.25, 0.3) is 0 Å². The maximum atomic E-state index is 13.1. The third-order valence-electron chi connectivity index (χ3n) is 4.82. The van der Waals surface area contributed by atoms with Gasteiger partial charge in [0.05, 0.1) is 15.2 Å². The second-order valence-electron chi connectivity index (χ2n) is 7.65. The van der Waals surface area contributed by atoms with Gasteiger partial charge in [0.1, 0.15) is 0 Å². The Morgan fingerprint density at radius 3 is 2.48 bits per heavy atom. The highest BCUT2D eigenvalue weighted by molar-refractivity contribution is 7.99. The van der Waals surface area contributed by atoms with E-state index in [9.17, 15) is 4.79 Å². The fourth-order valence-corrected chi connectivity index (χ4v) is 5.50. The summed E-state index contributed by atoms with van der Waals surface area (Å²) in [6, 6.07) is 11.7. The number of halogens is 2. The van der Waals surface area contributed by atoms with Crippen LogP contribution < -0.4 is 4.90 Å². The normalized spacial score (nSPS) is 11.4. The number of carbonyl (C=O) groups excluding carboxylic acids is 1. The molecule has 0 aliphatic carbocycles. The largest absolute Gasteiger partial charge is 0.309 e. The lowest BCUT2D eigenvalue weighted by Crippen LogP contribution is -2.33. The Morgan fingerprint density at radius 2 is 1.81 bits per heavy atom. The van der Waals surface area contributed by atoms with Crippen LogP contribution >= 0.6 is 46.3 Å². The van der Waals surface area contributed by atoms with E-state index >= 15 is 0 Å². The first-order valence-electron chi connectivity index (χ1n) is 10.2. The molecule has 1 amide bonds. The summed E-state index contributed by atoms with van der Waals surface area (Å²) < 4.78 is 0.945. The summed E-state index contributed by atoms with van der Waals surface area (Å²) in [5.41, 5.74) is 1.96. The Kier molecular flexibility index (Phi) is 9.05. The Balaban J connectivity index is 1.67. The van der Waals surface area contributed by atoms with E-state index in [2.05, 4.69) is 4.90 Å². The first-order valence-corrected chi connectivity index (χ1v) is 12.8. The Bertz CT molecular complexity index is 983. The van der Waals surface area contributed by atoms with Gasteiger partial charge >= 0.3 is 0 Å². The summed E-state index contributed by atoms with van der Waals surface area (Å²) in [5.74, 6) is 0.993. The number of nitrogens with zero attached hydrogens (tertiary/aromatic N) is 3. The smallest absolute Gasteiger partial charge is 0.228 e. The highest BCUT2D eigenvalue weighted by Gasteiger charge is 2.20. The lowest BCUT2D eigenvalue weighted by molar-refractivity contribution is -0.118. The van der Waals surface area contributed by atoms with E-state index in [-0.39, 0.29) is 5.91 Å². The summed E-state index contributed by atoms with van der Waals surface area (Å²) in [5, 5.41) is 2.16. The zero-order valence-electron chi connectivity index (χ0n) is 18.0. The van der Waals surface area contributed by atoms with Crippen LogP contribution in [0.1, 0.15) is 24.8 Å². The number of benzene rings is 2. The molecule has 2 aromatic carbocycles. The van der Waals surface area contributed by atoms with Gasteiger partial charge in [-0.15, -0.1) is 11.8 Å². The van der Waals surface area contributed by atoms with Gasteiger partial charge in [-0.25, -0.2) is 4.98 Å². The van der Waals surface area contributed by atoms with E-state index in [1.165, 1.54) is 11.3 Å². The van der Waals surface area contributed by atoms with E-state index < -0.39 is 0 Å². The second-order valence-corrected chi connectivity index (χ2v) is 10.6. The zero-order valence-corrected chi connectivity index (χ0v) is 21.2. The SMILES string of the molecule is Cc1ccc(Cl)c2sc(N(CCCN(C)C)C(=O)CCCSc3ccc(Cl)cc3)nc12. The van der Waals surface area contributed by atoms with Crippen molar-refractivity contribution in [1.29, 1.82) is 0 Å². The molecule has 0 saturated carbocycles. The van der Waals surface area contributed by atoms with Crippen LogP contribution in [0.15, 0.2) is 41.3 Å². The van der Waals surface area contributed by atoms with Crippen molar-refractivity contribution in [2.24, 2.45) is 0 Å². The van der Waals surface area contributed by atoms with Crippen molar-refractivity contribution < 1.29 is 4.79 Å². The summed E-state index contributed by atoms with van der Waals surface area (Å²) in [4.78, 5) is 23.1. The number of hydrogen-bond acceptors (Lipinski definition) is 5. The van der Waals surface area contributed by atoms with Gasteiger partial charge in [0.15, 0.2) is 5.13 Å². The molecule has 4 nitrogen and oxygen atoms in total. The Morgan fingerprint density at radius 1 is 1.06 bits per heavy atom. The summed E-state index contributed by atoms with van der Waals surface area (Å²) in [6.45, 7) is 3.59. The van der Waals surface area contributed by atoms with E-state index in [0.717, 1.165) is 56.0 Å². The zero-order chi connectivity index (χ0) is 22.4. The molecule has 0 unspecified atom stereocenters. The van der Waals surface area contributed by atoms with Gasteiger partial charge < -0.3 is 4.90 Å². The molecule has 0 N–H and O–H groups in total. The van der Waals surface area contributed by atoms with Crippen molar-refractivity contribution in [3.63, 3.8) is 0 Å². The minimum absolute atomic E-state index is 0.114. The number of fused-ring (bicyclic) bond motifs is 1. The molecule has 31 heavy (non-hydrogen) atoms. The van der Waals surface area contributed by atoms with Gasteiger partial charge in [-0.05, 0) is 82.1 Å². The van der Waals surface area contributed by atoms with Crippen molar-refractivity contribution in [2.75, 3.05) is 37.8 Å². The van der Waals surface area contributed by atoms with E-state index in [1.807, 2.05) is 62.3 Å². The highest BCUT2D eigenvalue weighted by Crippen LogP contribution is 2.36. The van der Waals surface area contributed by atoms with Crippen LogP contribution in [0.4, 0.5) is 5.13 Å². The van der Waals surface area contributed by atoms with Crippen LogP contribution in [-0.4, -0.2) is 48.7 Å². The Labute approximate surface area is 202 Å². The first kappa shape index (κ1) is 24.3. The van der Waals surface area contributed by atoms with Crippen LogP contribution in [-0.2, 0) is 4.79 Å². The minimum Gasteiger partial charge on any atom is -0.309 e. The standard InChI is InChI=1S/C23H27Cl2N3OS2/c1-16-7-12-19(25)22-21(16)26-23(31-22)28(14-5-13-27(2)3)20(29)6-4-15-30-18-10-8-17(24)9-11-18/h7-12H,4-6,13-15H2,1-3H3. The number of anilines is 1. The molecule has 0 atom stereocenters. The van der Waals surface area contributed by atoms with Crippen molar-refractivity contribution in [2.45, 2.75) is 31.1 Å². The summed E-state index contributed by atoms with van der Waals surface area (Å²) in [6.07, 6.45) is 2.19. The molecule has 8 heteroatoms. The first-order chi connectivity index (χ1) is 14.8. The summed E-state index contributed by atoms with van der Waals surface area (Å²) in [7, 11) is 4.09. The molecule has 0 aliphatic heterocycles. The number of thiazole rings is 1. The van der Waals surface area contributed by atoms with Gasteiger partial charge in [-0.2, -0.15) is 0 Å². The van der Waals surface area contributed by atoms with Gasteiger partial charge in [0.2, 0.25) is 5.91 Å². The number of rotatable bonds is 10. The lowest BCUT2D eigenvalue weighted by atomic mass is 10.2. The maximum absolute atomic E-state index is 13.1. The molecule has 1 heterocycles. The van der Waals surface area contributed by atoms with Gasteiger partial charge in [0, 0.05) is 22.9 Å². The number of aryl methyl sites for hydroxylation is 1. The molecule has 0 aliphatic rings. The average Bonchev–Trinajstić information content (AvgIpc) is 3.19. The average molecular weight is 497 g/mol. The predicted molar refractivity (Wildman–Crippen MR) is 136 cm³/mol. The molecule has 166 valence electrons. The topological polar surface area (TPSA) is 36.4 Å². The summed E-state index contributed by atoms with van der Waals surface area (Å²) >= 11 is 15.6. The van der Waals surface area contributed by atoms with Crippen LogP contribution in [0.3, 0.4) is 0 Å². The van der Waals surface area contributed by atoms with Crippen molar-refractivity contribution >= 4 is 67.6 Å². The minimum atomic E-state index is 0.114. The fraction of sp³-hybridized carbons (Fsp3) is 0.391. The Hall–Kier alpha value is -1.31. The van der Waals surface area contributed by atoms with Gasteiger partial charge in [-0.1, -0.05) is 40.6 Å². The van der Waals surface area contributed by atoms with Crippen LogP contribution in [0.5, 0.6) is 0 Å². The van der Waals surface area contributed by atoms with Gasteiger partial charge in [-0.3, -0.25) is 9.69 Å². The quantitative estimate of drug-likeness (QED) is 0.229. The molecule has 1 aromatic heterocycles. The number of carbonyl (C=O) groups is 1. The maximum Gasteiger partial charge on any atom is 0.228 e. The fourth-order valence-electron chi connectivity index (χ4n) is 3.16. The van der Waals surface area contributed by atoms with Crippen molar-refractivity contribution in [3.05, 3.63) is 52.0 Å². The monoisotopic (exact) mass is 495 g/mol. The molecule has 0 spiro atoms. The van der Waals surface area contributed by atoms with Crippen LogP contribution in [0, 0.1) is 6.92 Å². The number of thioether (sulfide) groups is 1. The second kappa shape index (κ2) is 11.5. The highest BCUT2D eigenvalue weighted by atomic mass is 35.5. The van der Waals surface area contributed by atoms with E-state index in [4.69, 9.17) is 28.2 Å². The van der Waals surface area contributed by atoms with Crippen molar-refractivity contribution in [1.82, 2.24) is 9.88 Å². The molecule has 3 aromatic rings. The van der Waals surface area contributed by atoms with Crippen molar-refractivity contribution in [3.8, 4) is 0 Å². The van der Waals surface area contributed by atoms with Crippen LogP contribution in [0.25, 0.3) is 10.2 Å². The molecule has 0 saturated heterocycles. The number of amides is 1.